The van der Waals surface area contributed by atoms with E-state index in [9.17, 15) is 13.2 Å². The van der Waals surface area contributed by atoms with Gasteiger partial charge in [0, 0.05) is 19.3 Å². The maximum Gasteiger partial charge on any atom is 0.335 e. The van der Waals surface area contributed by atoms with Crippen LogP contribution in [0, 0.1) is 6.92 Å². The van der Waals surface area contributed by atoms with Gasteiger partial charge in [-0.1, -0.05) is 6.07 Å². The molecule has 2 N–H and O–H groups in total. The highest BCUT2D eigenvalue weighted by molar-refractivity contribution is 7.89. The van der Waals surface area contributed by atoms with Crippen LogP contribution in [0.4, 0.5) is 0 Å². The fourth-order valence-electron chi connectivity index (χ4n) is 2.12. The molecule has 0 aromatic heterocycles. The minimum Gasteiger partial charge on any atom is -0.478 e. The van der Waals surface area contributed by atoms with Gasteiger partial charge in [-0.15, -0.1) is 0 Å². The monoisotopic (exact) mass is 299 g/mol. The number of hydrogen-bond acceptors (Lipinski definition) is 4. The van der Waals surface area contributed by atoms with E-state index in [0.29, 0.717) is 31.6 Å². The van der Waals surface area contributed by atoms with Gasteiger partial charge in [-0.3, -0.25) is 0 Å². The number of benzene rings is 1. The van der Waals surface area contributed by atoms with Crippen LogP contribution in [-0.2, 0) is 14.8 Å². The predicted octanol–water partition coefficient (Wildman–Crippen LogP) is 1.15. The van der Waals surface area contributed by atoms with Gasteiger partial charge in [0.25, 0.3) is 0 Å². The minimum atomic E-state index is -3.72. The standard InChI is InChI=1S/C13H17NO5S/c1-9-2-3-10(13(15)16)8-12(9)20(17,18)14-11-4-6-19-7-5-11/h2-3,8,11,14H,4-7H2,1H3,(H,15,16). The molecule has 7 heteroatoms. The smallest absolute Gasteiger partial charge is 0.335 e. The first-order valence-corrected chi connectivity index (χ1v) is 7.82. The van der Waals surface area contributed by atoms with E-state index < -0.39 is 16.0 Å². The lowest BCUT2D eigenvalue weighted by Crippen LogP contribution is -2.39. The molecule has 0 atom stereocenters. The molecular weight excluding hydrogens is 282 g/mol. The quantitative estimate of drug-likeness (QED) is 0.870. The Hall–Kier alpha value is -1.44. The summed E-state index contributed by atoms with van der Waals surface area (Å²) in [6.07, 6.45) is 1.24. The third-order valence-corrected chi connectivity index (χ3v) is 4.93. The number of carboxylic acids is 1. The van der Waals surface area contributed by atoms with Crippen LogP contribution in [0.1, 0.15) is 28.8 Å². The molecule has 1 heterocycles. The van der Waals surface area contributed by atoms with E-state index in [0.717, 1.165) is 0 Å². The van der Waals surface area contributed by atoms with Crippen molar-refractivity contribution >= 4 is 16.0 Å². The maximum absolute atomic E-state index is 12.4. The second kappa shape index (κ2) is 5.90. The number of ether oxygens (including phenoxy) is 1. The average molecular weight is 299 g/mol. The molecule has 0 radical (unpaired) electrons. The minimum absolute atomic E-state index is 0.0175. The van der Waals surface area contributed by atoms with Gasteiger partial charge >= 0.3 is 5.97 Å². The van der Waals surface area contributed by atoms with Crippen molar-refractivity contribution in [3.63, 3.8) is 0 Å². The van der Waals surface area contributed by atoms with Crippen LogP contribution in [-0.4, -0.2) is 38.7 Å². The second-order valence-corrected chi connectivity index (χ2v) is 6.48. The first kappa shape index (κ1) is 15.0. The number of rotatable bonds is 4. The van der Waals surface area contributed by atoms with Crippen molar-refractivity contribution in [3.8, 4) is 0 Å². The molecule has 1 aliphatic rings. The molecule has 1 fully saturated rings. The normalized spacial score (nSPS) is 17.1. The van der Waals surface area contributed by atoms with E-state index in [1.807, 2.05) is 0 Å². The molecule has 110 valence electrons. The Labute approximate surface area is 117 Å². The summed E-state index contributed by atoms with van der Waals surface area (Å²) >= 11 is 0. The summed E-state index contributed by atoms with van der Waals surface area (Å²) in [5.74, 6) is -1.15. The first-order valence-electron chi connectivity index (χ1n) is 6.34. The summed E-state index contributed by atoms with van der Waals surface area (Å²) in [6, 6.07) is 3.92. The molecule has 0 aliphatic carbocycles. The Morgan fingerprint density at radius 1 is 1.35 bits per heavy atom. The Bertz CT molecular complexity index is 605. The Balaban J connectivity index is 2.28. The van der Waals surface area contributed by atoms with Crippen molar-refractivity contribution in [3.05, 3.63) is 29.3 Å². The average Bonchev–Trinajstić information content (AvgIpc) is 2.39. The van der Waals surface area contributed by atoms with Gasteiger partial charge in [0.2, 0.25) is 10.0 Å². The van der Waals surface area contributed by atoms with Gasteiger partial charge in [0.1, 0.15) is 0 Å². The maximum atomic E-state index is 12.4. The molecule has 0 saturated carbocycles. The number of carboxylic acid groups (broad SMARTS) is 1. The molecule has 0 spiro atoms. The second-order valence-electron chi connectivity index (χ2n) is 4.79. The molecule has 6 nitrogen and oxygen atoms in total. The Kier molecular flexibility index (Phi) is 4.42. The number of aromatic carboxylic acids is 1. The molecular formula is C13H17NO5S. The third-order valence-electron chi connectivity index (χ3n) is 3.27. The van der Waals surface area contributed by atoms with E-state index in [2.05, 4.69) is 4.72 Å². The van der Waals surface area contributed by atoms with E-state index in [1.54, 1.807) is 6.92 Å². The van der Waals surface area contributed by atoms with Crippen LogP contribution < -0.4 is 4.72 Å². The van der Waals surface area contributed by atoms with E-state index in [-0.39, 0.29) is 16.5 Å². The molecule has 0 bridgehead atoms. The summed E-state index contributed by atoms with van der Waals surface area (Å²) in [5, 5.41) is 8.96. The van der Waals surface area contributed by atoms with Gasteiger partial charge in [0.15, 0.2) is 0 Å². The topological polar surface area (TPSA) is 92.7 Å². The van der Waals surface area contributed by atoms with Crippen molar-refractivity contribution < 1.29 is 23.1 Å². The van der Waals surface area contributed by atoms with Crippen LogP contribution >= 0.6 is 0 Å². The lowest BCUT2D eigenvalue weighted by atomic mass is 10.1. The van der Waals surface area contributed by atoms with Gasteiger partial charge in [-0.2, -0.15) is 0 Å². The highest BCUT2D eigenvalue weighted by Crippen LogP contribution is 2.19. The molecule has 1 aromatic rings. The number of sulfonamides is 1. The van der Waals surface area contributed by atoms with E-state index >= 15 is 0 Å². The first-order chi connectivity index (χ1) is 9.40. The Morgan fingerprint density at radius 3 is 2.60 bits per heavy atom. The third kappa shape index (κ3) is 3.36. The molecule has 0 unspecified atom stereocenters. The molecule has 1 saturated heterocycles. The molecule has 1 aliphatic heterocycles. The van der Waals surface area contributed by atoms with E-state index in [4.69, 9.17) is 9.84 Å². The van der Waals surface area contributed by atoms with Gasteiger partial charge in [-0.25, -0.2) is 17.9 Å². The van der Waals surface area contributed by atoms with Crippen molar-refractivity contribution in [2.24, 2.45) is 0 Å². The fraction of sp³-hybridized carbons (Fsp3) is 0.462. The Morgan fingerprint density at radius 2 is 2.00 bits per heavy atom. The molecule has 2 rings (SSSR count). The molecule has 20 heavy (non-hydrogen) atoms. The molecule has 1 aromatic carbocycles. The largest absolute Gasteiger partial charge is 0.478 e. The van der Waals surface area contributed by atoms with Gasteiger partial charge < -0.3 is 9.84 Å². The number of nitrogens with one attached hydrogen (secondary N) is 1. The zero-order valence-corrected chi connectivity index (χ0v) is 11.9. The summed E-state index contributed by atoms with van der Waals surface area (Å²) in [6.45, 7) is 2.70. The van der Waals surface area contributed by atoms with Crippen LogP contribution in [0.5, 0.6) is 0 Å². The number of carbonyl (C=O) groups is 1. The van der Waals surface area contributed by atoms with Crippen LogP contribution in [0.15, 0.2) is 23.1 Å². The van der Waals surface area contributed by atoms with Crippen molar-refractivity contribution in [2.75, 3.05) is 13.2 Å². The fourth-order valence-corrected chi connectivity index (χ4v) is 3.70. The number of aryl methyl sites for hydroxylation is 1. The SMILES string of the molecule is Cc1ccc(C(=O)O)cc1S(=O)(=O)NC1CCOCC1. The van der Waals surface area contributed by atoms with Crippen LogP contribution in [0.3, 0.4) is 0 Å². The highest BCUT2D eigenvalue weighted by atomic mass is 32.2. The van der Waals surface area contributed by atoms with Crippen LogP contribution in [0.2, 0.25) is 0 Å². The van der Waals surface area contributed by atoms with Gasteiger partial charge in [-0.05, 0) is 37.5 Å². The zero-order chi connectivity index (χ0) is 14.8. The predicted molar refractivity (Wildman–Crippen MR) is 72.3 cm³/mol. The van der Waals surface area contributed by atoms with Crippen molar-refractivity contribution in [1.82, 2.24) is 4.72 Å². The zero-order valence-electron chi connectivity index (χ0n) is 11.1. The lowest BCUT2D eigenvalue weighted by Gasteiger charge is -2.23. The summed E-state index contributed by atoms with van der Waals surface area (Å²) < 4.78 is 32.5. The summed E-state index contributed by atoms with van der Waals surface area (Å²) in [5.41, 5.74) is 0.484. The summed E-state index contributed by atoms with van der Waals surface area (Å²) in [7, 11) is -3.72. The van der Waals surface area contributed by atoms with Crippen LogP contribution in [0.25, 0.3) is 0 Å². The van der Waals surface area contributed by atoms with E-state index in [1.165, 1.54) is 18.2 Å². The molecule has 0 amide bonds. The highest BCUT2D eigenvalue weighted by Gasteiger charge is 2.24. The van der Waals surface area contributed by atoms with Crippen molar-refractivity contribution in [1.29, 1.82) is 0 Å². The van der Waals surface area contributed by atoms with Crippen molar-refractivity contribution in [2.45, 2.75) is 30.7 Å². The summed E-state index contributed by atoms with van der Waals surface area (Å²) in [4.78, 5) is 11.0. The number of hydrogen-bond donors (Lipinski definition) is 2. The van der Waals surface area contributed by atoms with Gasteiger partial charge in [0.05, 0.1) is 10.5 Å². The lowest BCUT2D eigenvalue weighted by molar-refractivity contribution is 0.0696.